The van der Waals surface area contributed by atoms with Gasteiger partial charge in [-0.25, -0.2) is 0 Å². The lowest BCUT2D eigenvalue weighted by molar-refractivity contribution is 0.0898. The molecule has 1 nitrogen and oxygen atoms in total. The largest absolute Gasteiger partial charge is 0.388 e. The van der Waals surface area contributed by atoms with E-state index in [1.54, 1.807) is 5.57 Å². The van der Waals surface area contributed by atoms with Crippen LogP contribution in [0.25, 0.3) is 0 Å². The van der Waals surface area contributed by atoms with Crippen molar-refractivity contribution in [2.75, 3.05) is 0 Å². The van der Waals surface area contributed by atoms with Gasteiger partial charge in [0.1, 0.15) is 0 Å². The van der Waals surface area contributed by atoms with Crippen LogP contribution >= 0.6 is 0 Å². The third-order valence-corrected chi connectivity index (χ3v) is 9.67. The molecule has 0 amide bonds. The van der Waals surface area contributed by atoms with Gasteiger partial charge < -0.3 is 5.11 Å². The maximum atomic E-state index is 11.2. The van der Waals surface area contributed by atoms with E-state index in [2.05, 4.69) is 40.3 Å². The Bertz CT molecular complexity index is 630. The van der Waals surface area contributed by atoms with Gasteiger partial charge >= 0.3 is 0 Å². The molecule has 0 aromatic rings. The molecule has 4 aliphatic rings. The first-order valence-corrected chi connectivity index (χ1v) is 12.4. The fraction of sp³-hybridized carbons (Fsp3) is 0.852. The van der Waals surface area contributed by atoms with Gasteiger partial charge in [-0.1, -0.05) is 70.8 Å². The molecule has 0 bridgehead atoms. The van der Waals surface area contributed by atoms with E-state index in [0.29, 0.717) is 5.41 Å². The standard InChI is InChI=1S/C27H44O/c1-18(2)8-6-9-19(3)23-13-14-24-21(10-7-15-26(23,24)5)16-25(28)27-17-22(27)12-11-20(27)4/h16,18-19,22-25,28H,4,6-15,17H2,1-3,5H3/b21-16+/t19-,22?,23+,24-,25+,26+,27?/m0/s1. The first-order chi connectivity index (χ1) is 13.3. The average molecular weight is 385 g/mol. The zero-order valence-electron chi connectivity index (χ0n) is 19.0. The van der Waals surface area contributed by atoms with Gasteiger partial charge in [0, 0.05) is 5.41 Å². The Balaban J connectivity index is 1.46. The van der Waals surface area contributed by atoms with E-state index in [-0.39, 0.29) is 11.5 Å². The molecule has 0 spiro atoms. The molecule has 0 saturated heterocycles. The summed E-state index contributed by atoms with van der Waals surface area (Å²) in [6.07, 6.45) is 16.5. The molecule has 0 heterocycles. The van der Waals surface area contributed by atoms with Gasteiger partial charge in [0.25, 0.3) is 0 Å². The summed E-state index contributed by atoms with van der Waals surface area (Å²) in [6, 6.07) is 0. The van der Waals surface area contributed by atoms with E-state index in [1.807, 2.05) is 0 Å². The van der Waals surface area contributed by atoms with Crippen molar-refractivity contribution >= 4 is 0 Å². The molecule has 4 aliphatic carbocycles. The third kappa shape index (κ3) is 3.34. The topological polar surface area (TPSA) is 20.2 Å². The predicted molar refractivity (Wildman–Crippen MR) is 119 cm³/mol. The van der Waals surface area contributed by atoms with Crippen molar-refractivity contribution in [2.45, 2.75) is 104 Å². The zero-order valence-corrected chi connectivity index (χ0v) is 19.0. The molecule has 0 aliphatic heterocycles. The molecule has 28 heavy (non-hydrogen) atoms. The van der Waals surface area contributed by atoms with Crippen LogP contribution in [-0.2, 0) is 0 Å². The number of rotatable bonds is 7. The molecule has 1 heteroatoms. The Hall–Kier alpha value is -0.560. The maximum Gasteiger partial charge on any atom is 0.0819 e. The van der Waals surface area contributed by atoms with Crippen molar-refractivity contribution in [1.82, 2.24) is 0 Å². The minimum Gasteiger partial charge on any atom is -0.388 e. The Labute approximate surface area is 174 Å². The molecule has 0 radical (unpaired) electrons. The SMILES string of the molecule is C=C1CCC2CC12[C@H](O)/C=C1\CCC[C@]2(C)[C@@H]([C@@H](C)CCCC(C)C)CC[C@@H]12. The van der Waals surface area contributed by atoms with Crippen LogP contribution in [0.15, 0.2) is 23.8 Å². The molecule has 4 fully saturated rings. The summed E-state index contributed by atoms with van der Waals surface area (Å²) in [5.41, 5.74) is 3.48. The van der Waals surface area contributed by atoms with Gasteiger partial charge in [-0.05, 0) is 86.4 Å². The normalized spacial score (nSPS) is 43.3. The first-order valence-electron chi connectivity index (χ1n) is 12.4. The Morgan fingerprint density at radius 2 is 1.93 bits per heavy atom. The van der Waals surface area contributed by atoms with Crippen LogP contribution in [0, 0.1) is 40.4 Å². The fourth-order valence-electron chi connectivity index (χ4n) is 7.91. The molecule has 0 aromatic carbocycles. The minimum atomic E-state index is -0.271. The summed E-state index contributed by atoms with van der Waals surface area (Å²) in [5.74, 6) is 3.99. The van der Waals surface area contributed by atoms with Gasteiger partial charge in [0.15, 0.2) is 0 Å². The lowest BCUT2D eigenvalue weighted by Crippen LogP contribution is -2.36. The van der Waals surface area contributed by atoms with Gasteiger partial charge in [0.05, 0.1) is 6.10 Å². The summed E-state index contributed by atoms with van der Waals surface area (Å²) < 4.78 is 0. The molecular weight excluding hydrogens is 340 g/mol. The van der Waals surface area contributed by atoms with E-state index in [1.165, 1.54) is 69.8 Å². The number of aliphatic hydroxyl groups is 1. The highest BCUT2D eigenvalue weighted by Crippen LogP contribution is 2.68. The molecule has 158 valence electrons. The van der Waals surface area contributed by atoms with E-state index in [9.17, 15) is 5.11 Å². The van der Waals surface area contributed by atoms with Gasteiger partial charge in [-0.3, -0.25) is 0 Å². The van der Waals surface area contributed by atoms with Crippen molar-refractivity contribution in [1.29, 1.82) is 0 Å². The van der Waals surface area contributed by atoms with Crippen molar-refractivity contribution in [2.24, 2.45) is 40.4 Å². The summed E-state index contributed by atoms with van der Waals surface area (Å²) in [6.45, 7) is 14.2. The summed E-state index contributed by atoms with van der Waals surface area (Å²) in [4.78, 5) is 0. The molecule has 7 atom stereocenters. The first kappa shape index (κ1) is 20.7. The summed E-state index contributed by atoms with van der Waals surface area (Å²) in [7, 11) is 0. The van der Waals surface area contributed by atoms with E-state index >= 15 is 0 Å². The van der Waals surface area contributed by atoms with Crippen LogP contribution in [0.1, 0.15) is 98.3 Å². The molecule has 4 saturated carbocycles. The third-order valence-electron chi connectivity index (χ3n) is 9.67. The smallest absolute Gasteiger partial charge is 0.0819 e. The Kier molecular flexibility index (Phi) is 5.62. The fourth-order valence-corrected chi connectivity index (χ4v) is 7.91. The molecule has 4 rings (SSSR count). The van der Waals surface area contributed by atoms with Crippen LogP contribution in [0.5, 0.6) is 0 Å². The number of aliphatic hydroxyl groups excluding tert-OH is 1. The quantitative estimate of drug-likeness (QED) is 0.456. The highest BCUT2D eigenvalue weighted by Gasteiger charge is 2.63. The van der Waals surface area contributed by atoms with Crippen LogP contribution in [-0.4, -0.2) is 11.2 Å². The number of hydrogen-bond acceptors (Lipinski definition) is 1. The van der Waals surface area contributed by atoms with Crippen molar-refractivity contribution in [3.63, 3.8) is 0 Å². The van der Waals surface area contributed by atoms with Gasteiger partial charge in [0.2, 0.25) is 0 Å². The van der Waals surface area contributed by atoms with Crippen LogP contribution < -0.4 is 0 Å². The van der Waals surface area contributed by atoms with Crippen LogP contribution in [0.4, 0.5) is 0 Å². The van der Waals surface area contributed by atoms with Crippen molar-refractivity contribution in [3.05, 3.63) is 23.8 Å². The highest BCUT2D eigenvalue weighted by atomic mass is 16.3. The predicted octanol–water partition coefficient (Wildman–Crippen LogP) is 7.31. The van der Waals surface area contributed by atoms with Gasteiger partial charge in [-0.2, -0.15) is 0 Å². The summed E-state index contributed by atoms with van der Waals surface area (Å²) >= 11 is 0. The van der Waals surface area contributed by atoms with Crippen molar-refractivity contribution < 1.29 is 5.11 Å². The van der Waals surface area contributed by atoms with Gasteiger partial charge in [-0.15, -0.1) is 0 Å². The second kappa shape index (κ2) is 7.60. The Morgan fingerprint density at radius 1 is 1.14 bits per heavy atom. The average Bonchev–Trinajstić information content (AvgIpc) is 3.14. The number of fused-ring (bicyclic) bond motifs is 2. The molecular formula is C27H44O. The number of hydrogen-bond donors (Lipinski definition) is 1. The molecule has 2 unspecified atom stereocenters. The second-order valence-corrected chi connectivity index (χ2v) is 11.7. The monoisotopic (exact) mass is 384 g/mol. The maximum absolute atomic E-state index is 11.2. The second-order valence-electron chi connectivity index (χ2n) is 11.7. The lowest BCUT2D eigenvalue weighted by atomic mass is 9.60. The highest BCUT2D eigenvalue weighted by molar-refractivity contribution is 5.34. The van der Waals surface area contributed by atoms with E-state index in [4.69, 9.17) is 0 Å². The van der Waals surface area contributed by atoms with Crippen LogP contribution in [0.3, 0.4) is 0 Å². The minimum absolute atomic E-state index is 0.0724. The lowest BCUT2D eigenvalue weighted by Gasteiger charge is -2.45. The molecule has 1 N–H and O–H groups in total. The summed E-state index contributed by atoms with van der Waals surface area (Å²) in [5, 5.41) is 11.2. The number of allylic oxidation sites excluding steroid dienone is 1. The van der Waals surface area contributed by atoms with Crippen LogP contribution in [0.2, 0.25) is 0 Å². The zero-order chi connectivity index (χ0) is 20.1. The van der Waals surface area contributed by atoms with Crippen molar-refractivity contribution in [3.8, 4) is 0 Å². The van der Waals surface area contributed by atoms with E-state index < -0.39 is 0 Å². The Morgan fingerprint density at radius 3 is 2.57 bits per heavy atom. The van der Waals surface area contributed by atoms with E-state index in [0.717, 1.165) is 36.0 Å². The molecule has 0 aromatic heterocycles.